The lowest BCUT2D eigenvalue weighted by Gasteiger charge is -2.19. The van der Waals surface area contributed by atoms with Gasteiger partial charge in [0.1, 0.15) is 12.1 Å². The third kappa shape index (κ3) is 3.37. The highest BCUT2D eigenvalue weighted by molar-refractivity contribution is 6.00. The van der Waals surface area contributed by atoms with E-state index in [1.54, 1.807) is 55.7 Å². The monoisotopic (exact) mass is 349 g/mol. The smallest absolute Gasteiger partial charge is 0.344 e. The average Bonchev–Trinajstić information content (AvgIpc) is 3.00. The van der Waals surface area contributed by atoms with Gasteiger partial charge in [-0.2, -0.15) is 10.4 Å². The van der Waals surface area contributed by atoms with Gasteiger partial charge in [-0.05, 0) is 25.1 Å². The minimum Gasteiger partial charge on any atom is -0.452 e. The first-order chi connectivity index (χ1) is 12.6. The van der Waals surface area contributed by atoms with Crippen LogP contribution in [0.1, 0.15) is 16.1 Å². The van der Waals surface area contributed by atoms with Crippen molar-refractivity contribution >= 4 is 23.2 Å². The molecule has 130 valence electrons. The Morgan fingerprint density at radius 1 is 1.27 bits per heavy atom. The van der Waals surface area contributed by atoms with Crippen LogP contribution in [0.4, 0.5) is 5.69 Å². The number of anilines is 1. The number of aryl methyl sites for hydroxylation is 1. The maximum Gasteiger partial charge on any atom is 0.344 e. The topological polar surface area (TPSA) is 101 Å². The highest BCUT2D eigenvalue weighted by Crippen LogP contribution is 2.16. The molecule has 26 heavy (non-hydrogen) atoms. The van der Waals surface area contributed by atoms with Gasteiger partial charge in [0.2, 0.25) is 0 Å². The quantitative estimate of drug-likeness (QED) is 0.514. The number of rotatable bonds is 5. The molecule has 0 aliphatic rings. The third-order valence-corrected chi connectivity index (χ3v) is 3.70. The second kappa shape index (κ2) is 7.44. The van der Waals surface area contributed by atoms with Gasteiger partial charge < -0.3 is 4.74 Å². The van der Waals surface area contributed by atoms with Crippen molar-refractivity contribution in [2.45, 2.75) is 6.92 Å². The molecule has 2 heterocycles. The lowest BCUT2D eigenvalue weighted by atomic mass is 10.2. The van der Waals surface area contributed by atoms with Gasteiger partial charge in [0.25, 0.3) is 5.91 Å². The van der Waals surface area contributed by atoms with Crippen LogP contribution in [0.15, 0.2) is 48.8 Å². The van der Waals surface area contributed by atoms with Gasteiger partial charge in [0, 0.05) is 18.1 Å². The second-order valence-corrected chi connectivity index (χ2v) is 5.40. The summed E-state index contributed by atoms with van der Waals surface area (Å²) in [4.78, 5) is 30.2. The molecule has 0 unspecified atom stereocenters. The van der Waals surface area contributed by atoms with Crippen LogP contribution in [0.5, 0.6) is 0 Å². The summed E-state index contributed by atoms with van der Waals surface area (Å²) >= 11 is 0. The summed E-state index contributed by atoms with van der Waals surface area (Å²) in [5.41, 5.74) is 1.59. The molecule has 8 nitrogen and oxygen atoms in total. The zero-order valence-corrected chi connectivity index (χ0v) is 14.0. The first-order valence-corrected chi connectivity index (χ1v) is 7.81. The number of para-hydroxylation sites is 1. The van der Waals surface area contributed by atoms with Crippen molar-refractivity contribution in [3.05, 3.63) is 60.0 Å². The standard InChI is InChI=1S/C18H15N5O3/c1-13-16(17-20-9-5-10-23(17)21-13)18(25)26-12-15(24)22(11-8-19)14-6-3-2-4-7-14/h2-7,9-10H,11-12H2,1H3. The lowest BCUT2D eigenvalue weighted by molar-refractivity contribution is -0.121. The van der Waals surface area contributed by atoms with Crippen molar-refractivity contribution in [1.29, 1.82) is 5.26 Å². The summed E-state index contributed by atoms with van der Waals surface area (Å²) in [5.74, 6) is -1.18. The van der Waals surface area contributed by atoms with Gasteiger partial charge in [-0.15, -0.1) is 0 Å². The van der Waals surface area contributed by atoms with Crippen LogP contribution in [-0.4, -0.2) is 39.6 Å². The average molecular weight is 349 g/mol. The van der Waals surface area contributed by atoms with Crippen LogP contribution < -0.4 is 4.90 Å². The molecule has 0 aliphatic heterocycles. The molecule has 3 aromatic rings. The second-order valence-electron chi connectivity index (χ2n) is 5.40. The third-order valence-electron chi connectivity index (χ3n) is 3.70. The van der Waals surface area contributed by atoms with Gasteiger partial charge in [0.15, 0.2) is 12.3 Å². The molecule has 8 heteroatoms. The summed E-state index contributed by atoms with van der Waals surface area (Å²) in [5, 5.41) is 13.1. The van der Waals surface area contributed by atoms with Gasteiger partial charge in [-0.3, -0.25) is 9.69 Å². The van der Waals surface area contributed by atoms with Crippen LogP contribution in [-0.2, 0) is 9.53 Å². The minimum atomic E-state index is -0.686. The van der Waals surface area contributed by atoms with Gasteiger partial charge in [-0.25, -0.2) is 14.3 Å². The fraction of sp³-hybridized carbons (Fsp3) is 0.167. The Morgan fingerprint density at radius 3 is 2.77 bits per heavy atom. The maximum absolute atomic E-state index is 12.4. The maximum atomic E-state index is 12.4. The Balaban J connectivity index is 1.75. The summed E-state index contributed by atoms with van der Waals surface area (Å²) in [7, 11) is 0. The van der Waals surface area contributed by atoms with E-state index < -0.39 is 18.5 Å². The van der Waals surface area contributed by atoms with Gasteiger partial charge in [0.05, 0.1) is 11.8 Å². The molecule has 0 bridgehead atoms. The zero-order valence-electron chi connectivity index (χ0n) is 14.0. The molecule has 3 rings (SSSR count). The molecule has 1 aromatic carbocycles. The van der Waals surface area contributed by atoms with E-state index in [0.29, 0.717) is 17.0 Å². The molecule has 0 fully saturated rings. The van der Waals surface area contributed by atoms with Crippen LogP contribution in [0, 0.1) is 18.3 Å². The minimum absolute atomic E-state index is 0.141. The van der Waals surface area contributed by atoms with E-state index in [1.165, 1.54) is 9.42 Å². The molecule has 0 radical (unpaired) electrons. The molecular weight excluding hydrogens is 334 g/mol. The van der Waals surface area contributed by atoms with Crippen molar-refractivity contribution in [2.75, 3.05) is 18.1 Å². The first kappa shape index (κ1) is 17.1. The number of hydrogen-bond donors (Lipinski definition) is 0. The number of nitriles is 1. The summed E-state index contributed by atoms with van der Waals surface area (Å²) in [6.07, 6.45) is 3.21. The Bertz CT molecular complexity index is 991. The molecule has 0 saturated heterocycles. The van der Waals surface area contributed by atoms with E-state index in [1.807, 2.05) is 6.07 Å². The number of hydrogen-bond acceptors (Lipinski definition) is 6. The lowest BCUT2D eigenvalue weighted by Crippen LogP contribution is -2.35. The van der Waals surface area contributed by atoms with Crippen molar-refractivity contribution in [3.63, 3.8) is 0 Å². The Hall–Kier alpha value is -3.73. The van der Waals surface area contributed by atoms with E-state index in [9.17, 15) is 9.59 Å². The number of carbonyl (C=O) groups excluding carboxylic acids is 2. The number of carbonyl (C=O) groups is 2. The van der Waals surface area contributed by atoms with Crippen LogP contribution in [0.25, 0.3) is 5.65 Å². The molecule has 0 aliphatic carbocycles. The number of aromatic nitrogens is 3. The number of nitrogens with zero attached hydrogens (tertiary/aromatic N) is 5. The van der Waals surface area contributed by atoms with Crippen molar-refractivity contribution in [1.82, 2.24) is 14.6 Å². The SMILES string of the molecule is Cc1nn2cccnc2c1C(=O)OCC(=O)N(CC#N)c1ccccc1. The predicted octanol–water partition coefficient (Wildman–Crippen LogP) is 1.75. The van der Waals surface area contributed by atoms with Crippen molar-refractivity contribution < 1.29 is 14.3 Å². The summed E-state index contributed by atoms with van der Waals surface area (Å²) in [6.45, 7) is 1.04. The highest BCUT2D eigenvalue weighted by Gasteiger charge is 2.22. The highest BCUT2D eigenvalue weighted by atomic mass is 16.5. The summed E-state index contributed by atoms with van der Waals surface area (Å²) in [6, 6.07) is 12.4. The largest absolute Gasteiger partial charge is 0.452 e. The Kier molecular flexibility index (Phi) is 4.90. The fourth-order valence-corrected chi connectivity index (χ4v) is 2.52. The molecule has 0 atom stereocenters. The van der Waals surface area contributed by atoms with Crippen molar-refractivity contribution in [2.24, 2.45) is 0 Å². The van der Waals surface area contributed by atoms with E-state index in [-0.39, 0.29) is 12.1 Å². The normalized spacial score (nSPS) is 10.3. The number of benzene rings is 1. The number of fused-ring (bicyclic) bond motifs is 1. The van der Waals surface area contributed by atoms with E-state index >= 15 is 0 Å². The Labute approximate surface area is 149 Å². The molecule has 0 spiro atoms. The van der Waals surface area contributed by atoms with Gasteiger partial charge in [-0.1, -0.05) is 18.2 Å². The van der Waals surface area contributed by atoms with Crippen LogP contribution in [0.2, 0.25) is 0 Å². The van der Waals surface area contributed by atoms with E-state index in [0.717, 1.165) is 0 Å². The van der Waals surface area contributed by atoms with Crippen LogP contribution >= 0.6 is 0 Å². The molecule has 0 saturated carbocycles. The van der Waals surface area contributed by atoms with Gasteiger partial charge >= 0.3 is 5.97 Å². The van der Waals surface area contributed by atoms with Crippen LogP contribution in [0.3, 0.4) is 0 Å². The fourth-order valence-electron chi connectivity index (χ4n) is 2.52. The first-order valence-electron chi connectivity index (χ1n) is 7.81. The van der Waals surface area contributed by atoms with E-state index in [4.69, 9.17) is 10.00 Å². The molecule has 0 N–H and O–H groups in total. The number of amides is 1. The van der Waals surface area contributed by atoms with Crippen molar-refractivity contribution in [3.8, 4) is 6.07 Å². The molecular formula is C18H15N5O3. The predicted molar refractivity (Wildman–Crippen MR) is 92.4 cm³/mol. The Morgan fingerprint density at radius 2 is 2.04 bits per heavy atom. The molecule has 2 aromatic heterocycles. The number of ether oxygens (including phenoxy) is 1. The number of esters is 1. The zero-order chi connectivity index (χ0) is 18.5. The summed E-state index contributed by atoms with van der Waals surface area (Å²) < 4.78 is 6.62. The molecule has 1 amide bonds. The van der Waals surface area contributed by atoms with E-state index in [2.05, 4.69) is 10.1 Å².